The molecule has 0 bridgehead atoms. The summed E-state index contributed by atoms with van der Waals surface area (Å²) < 4.78 is 2.35. The summed E-state index contributed by atoms with van der Waals surface area (Å²) in [5, 5.41) is 1.35. The van der Waals surface area contributed by atoms with E-state index in [0.29, 0.717) is 0 Å². The first kappa shape index (κ1) is 12.7. The molecule has 0 N–H and O–H groups in total. The standard InChI is InChI=1S/C19H19N/c1-2-3-10-16-15-20(17-11-6-4-5-7-12-17)19-14-9-8-13-18(16)19/h2,4-9,11-15,17H,1,3,10H2. The molecule has 1 aromatic carbocycles. The maximum atomic E-state index is 3.83. The van der Waals surface area contributed by atoms with Crippen molar-refractivity contribution in [1.82, 2.24) is 4.57 Å². The second kappa shape index (κ2) is 5.79. The van der Waals surface area contributed by atoms with Gasteiger partial charge in [0.25, 0.3) is 0 Å². The van der Waals surface area contributed by atoms with Crippen LogP contribution in [0.1, 0.15) is 18.0 Å². The summed E-state index contributed by atoms with van der Waals surface area (Å²) in [6.07, 6.45) is 19.2. The van der Waals surface area contributed by atoms with E-state index >= 15 is 0 Å². The Kier molecular flexibility index (Phi) is 3.69. The van der Waals surface area contributed by atoms with Gasteiger partial charge in [-0.25, -0.2) is 0 Å². The van der Waals surface area contributed by atoms with Crippen LogP contribution in [0.3, 0.4) is 0 Å². The minimum atomic E-state index is 0.285. The molecular weight excluding hydrogens is 242 g/mol. The van der Waals surface area contributed by atoms with Gasteiger partial charge in [0.1, 0.15) is 0 Å². The van der Waals surface area contributed by atoms with E-state index in [4.69, 9.17) is 0 Å². The van der Waals surface area contributed by atoms with Gasteiger partial charge in [0.05, 0.1) is 6.04 Å². The summed E-state index contributed by atoms with van der Waals surface area (Å²) in [5.41, 5.74) is 2.70. The van der Waals surface area contributed by atoms with Gasteiger partial charge in [-0.2, -0.15) is 0 Å². The van der Waals surface area contributed by atoms with Gasteiger partial charge in [0.2, 0.25) is 0 Å². The summed E-state index contributed by atoms with van der Waals surface area (Å²) in [5.74, 6) is 0. The number of aryl methyl sites for hydroxylation is 1. The highest BCUT2D eigenvalue weighted by atomic mass is 15.0. The first-order chi connectivity index (χ1) is 9.90. The van der Waals surface area contributed by atoms with Crippen LogP contribution in [0.15, 0.2) is 79.6 Å². The molecule has 1 aromatic heterocycles. The fraction of sp³-hybridized carbons (Fsp3) is 0.158. The molecular formula is C19H19N. The lowest BCUT2D eigenvalue weighted by molar-refractivity contribution is 0.750. The van der Waals surface area contributed by atoms with Crippen molar-refractivity contribution in [3.8, 4) is 0 Å². The molecule has 0 atom stereocenters. The minimum absolute atomic E-state index is 0.285. The van der Waals surface area contributed by atoms with Gasteiger partial charge < -0.3 is 4.57 Å². The van der Waals surface area contributed by atoms with Crippen LogP contribution in [0.25, 0.3) is 10.9 Å². The van der Waals surface area contributed by atoms with Gasteiger partial charge in [-0.05, 0) is 24.5 Å². The van der Waals surface area contributed by atoms with Crippen molar-refractivity contribution in [1.29, 1.82) is 0 Å². The van der Waals surface area contributed by atoms with Gasteiger partial charge in [0, 0.05) is 17.1 Å². The molecule has 1 nitrogen and oxygen atoms in total. The maximum absolute atomic E-state index is 3.83. The second-order valence-electron chi connectivity index (χ2n) is 5.05. The van der Waals surface area contributed by atoms with E-state index < -0.39 is 0 Å². The fourth-order valence-electron chi connectivity index (χ4n) is 2.71. The normalized spacial score (nSPS) is 14.8. The number of aromatic nitrogens is 1. The Labute approximate surface area is 120 Å². The lowest BCUT2D eigenvalue weighted by Gasteiger charge is -2.11. The summed E-state index contributed by atoms with van der Waals surface area (Å²) in [6, 6.07) is 8.93. The van der Waals surface area contributed by atoms with Crippen LogP contribution >= 0.6 is 0 Å². The molecule has 0 fully saturated rings. The molecule has 1 aliphatic rings. The molecule has 0 aliphatic heterocycles. The predicted molar refractivity (Wildman–Crippen MR) is 86.9 cm³/mol. The highest BCUT2D eigenvalue weighted by Crippen LogP contribution is 2.27. The SMILES string of the molecule is C=CCCc1cn(C2C=CC=CC=C2)c2ccccc12. The number of rotatable bonds is 4. The Bertz CT molecular complexity index is 682. The average Bonchev–Trinajstić information content (AvgIpc) is 2.66. The number of hydrogen-bond acceptors (Lipinski definition) is 0. The second-order valence-corrected chi connectivity index (χ2v) is 5.05. The van der Waals surface area contributed by atoms with Crippen molar-refractivity contribution < 1.29 is 0 Å². The van der Waals surface area contributed by atoms with Crippen LogP contribution in [0.2, 0.25) is 0 Å². The van der Waals surface area contributed by atoms with Crippen LogP contribution in [0.5, 0.6) is 0 Å². The summed E-state index contributed by atoms with van der Waals surface area (Å²) in [4.78, 5) is 0. The Balaban J connectivity index is 2.08. The predicted octanol–water partition coefficient (Wildman–Crippen LogP) is 4.98. The number of nitrogens with zero attached hydrogens (tertiary/aromatic N) is 1. The maximum Gasteiger partial charge on any atom is 0.0706 e. The number of fused-ring (bicyclic) bond motifs is 1. The number of benzene rings is 1. The quantitative estimate of drug-likeness (QED) is 0.684. The topological polar surface area (TPSA) is 4.93 Å². The van der Waals surface area contributed by atoms with Crippen LogP contribution in [0.4, 0.5) is 0 Å². The van der Waals surface area contributed by atoms with Crippen LogP contribution < -0.4 is 0 Å². The molecule has 1 heteroatoms. The van der Waals surface area contributed by atoms with Crippen LogP contribution in [-0.4, -0.2) is 4.57 Å². The zero-order valence-corrected chi connectivity index (χ0v) is 11.6. The molecule has 2 aromatic rings. The molecule has 0 spiro atoms. The van der Waals surface area contributed by atoms with Crippen molar-refractivity contribution in [3.05, 3.63) is 85.1 Å². The summed E-state index contributed by atoms with van der Waals surface area (Å²) in [7, 11) is 0. The van der Waals surface area contributed by atoms with Crippen LogP contribution in [0, 0.1) is 0 Å². The van der Waals surface area contributed by atoms with Gasteiger partial charge >= 0.3 is 0 Å². The Morgan fingerprint density at radius 2 is 1.80 bits per heavy atom. The third-order valence-electron chi connectivity index (χ3n) is 3.71. The highest BCUT2D eigenvalue weighted by molar-refractivity contribution is 5.84. The molecule has 1 heterocycles. The molecule has 1 aliphatic carbocycles. The highest BCUT2D eigenvalue weighted by Gasteiger charge is 2.11. The monoisotopic (exact) mass is 261 g/mol. The van der Waals surface area contributed by atoms with Crippen LogP contribution in [-0.2, 0) is 6.42 Å². The molecule has 0 unspecified atom stereocenters. The molecule has 20 heavy (non-hydrogen) atoms. The zero-order chi connectivity index (χ0) is 13.8. The van der Waals surface area contributed by atoms with Crippen molar-refractivity contribution in [2.24, 2.45) is 0 Å². The van der Waals surface area contributed by atoms with Crippen molar-refractivity contribution in [2.45, 2.75) is 18.9 Å². The van der Waals surface area contributed by atoms with Crippen molar-refractivity contribution in [3.63, 3.8) is 0 Å². The average molecular weight is 261 g/mol. The Morgan fingerprint density at radius 1 is 1.05 bits per heavy atom. The Hall–Kier alpha value is -2.28. The first-order valence-electron chi connectivity index (χ1n) is 7.11. The summed E-state index contributed by atoms with van der Waals surface area (Å²) in [6.45, 7) is 3.83. The van der Waals surface area contributed by atoms with E-state index in [-0.39, 0.29) is 6.04 Å². The molecule has 0 radical (unpaired) electrons. The largest absolute Gasteiger partial charge is 0.337 e. The zero-order valence-electron chi connectivity index (χ0n) is 11.6. The lowest BCUT2D eigenvalue weighted by atomic mass is 10.1. The van der Waals surface area contributed by atoms with E-state index in [2.05, 4.69) is 78.1 Å². The molecule has 0 saturated heterocycles. The van der Waals surface area contributed by atoms with E-state index in [1.165, 1.54) is 16.5 Å². The van der Waals surface area contributed by atoms with E-state index in [1.807, 2.05) is 6.08 Å². The third kappa shape index (κ3) is 2.39. The van der Waals surface area contributed by atoms with Gasteiger partial charge in [-0.1, -0.05) is 60.7 Å². The molecule has 0 amide bonds. The molecule has 100 valence electrons. The van der Waals surface area contributed by atoms with Gasteiger partial charge in [-0.3, -0.25) is 0 Å². The van der Waals surface area contributed by atoms with E-state index in [1.54, 1.807) is 0 Å². The van der Waals surface area contributed by atoms with Crippen molar-refractivity contribution in [2.75, 3.05) is 0 Å². The van der Waals surface area contributed by atoms with E-state index in [0.717, 1.165) is 12.8 Å². The van der Waals surface area contributed by atoms with Crippen molar-refractivity contribution >= 4 is 10.9 Å². The fourth-order valence-corrected chi connectivity index (χ4v) is 2.71. The first-order valence-corrected chi connectivity index (χ1v) is 7.11. The number of allylic oxidation sites excluding steroid dienone is 7. The minimum Gasteiger partial charge on any atom is -0.337 e. The number of hydrogen-bond donors (Lipinski definition) is 0. The summed E-state index contributed by atoms with van der Waals surface area (Å²) >= 11 is 0. The lowest BCUT2D eigenvalue weighted by Crippen LogP contribution is -2.01. The van der Waals surface area contributed by atoms with Gasteiger partial charge in [0.15, 0.2) is 0 Å². The number of para-hydroxylation sites is 1. The third-order valence-corrected chi connectivity index (χ3v) is 3.71. The van der Waals surface area contributed by atoms with E-state index in [9.17, 15) is 0 Å². The molecule has 3 rings (SSSR count). The molecule has 0 saturated carbocycles. The Morgan fingerprint density at radius 3 is 2.55 bits per heavy atom. The smallest absolute Gasteiger partial charge is 0.0706 e. The van der Waals surface area contributed by atoms with Gasteiger partial charge in [-0.15, -0.1) is 6.58 Å².